The Morgan fingerprint density at radius 1 is 1.35 bits per heavy atom. The van der Waals surface area contributed by atoms with Crippen molar-refractivity contribution in [2.24, 2.45) is 11.1 Å². The van der Waals surface area contributed by atoms with Gasteiger partial charge in [0.2, 0.25) is 15.9 Å². The highest BCUT2D eigenvalue weighted by Gasteiger charge is 2.21. The predicted molar refractivity (Wildman–Crippen MR) is 75.4 cm³/mol. The largest absolute Gasteiger partial charge is 0.381 e. The number of carbonyl (C=O) groups is 1. The third-order valence-electron chi connectivity index (χ3n) is 3.12. The molecule has 1 fully saturated rings. The summed E-state index contributed by atoms with van der Waals surface area (Å²) in [5.41, 5.74) is 1.23. The third-order valence-corrected chi connectivity index (χ3v) is 3.86. The lowest BCUT2D eigenvalue weighted by Crippen LogP contribution is -2.30. The van der Waals surface area contributed by atoms with Crippen LogP contribution in [0.15, 0.2) is 24.3 Å². The molecule has 1 atom stereocenters. The van der Waals surface area contributed by atoms with E-state index in [1.54, 1.807) is 24.3 Å². The van der Waals surface area contributed by atoms with E-state index in [0.717, 1.165) is 12.8 Å². The molecule has 1 unspecified atom stereocenters. The van der Waals surface area contributed by atoms with Crippen molar-refractivity contribution in [2.45, 2.75) is 18.6 Å². The number of amides is 1. The van der Waals surface area contributed by atoms with Crippen molar-refractivity contribution in [2.75, 3.05) is 18.5 Å². The molecule has 1 aromatic carbocycles. The molecule has 0 bridgehead atoms. The van der Waals surface area contributed by atoms with Crippen molar-refractivity contribution in [3.05, 3.63) is 29.8 Å². The molecule has 20 heavy (non-hydrogen) atoms. The zero-order valence-electron chi connectivity index (χ0n) is 11.0. The van der Waals surface area contributed by atoms with Gasteiger partial charge in [-0.2, -0.15) is 0 Å². The topological polar surface area (TPSA) is 98.5 Å². The fourth-order valence-electron chi connectivity index (χ4n) is 2.11. The van der Waals surface area contributed by atoms with Gasteiger partial charge in [-0.3, -0.25) is 4.79 Å². The summed E-state index contributed by atoms with van der Waals surface area (Å²) in [5, 5.41) is 7.77. The van der Waals surface area contributed by atoms with Crippen molar-refractivity contribution < 1.29 is 17.9 Å². The quantitative estimate of drug-likeness (QED) is 0.860. The van der Waals surface area contributed by atoms with Gasteiger partial charge in [-0.1, -0.05) is 12.1 Å². The van der Waals surface area contributed by atoms with Crippen molar-refractivity contribution in [3.63, 3.8) is 0 Å². The van der Waals surface area contributed by atoms with Crippen LogP contribution in [0.3, 0.4) is 0 Å². The standard InChI is InChI=1S/C13H18N2O4S/c14-20(17,18)9-10-3-5-12(6-4-10)15-13(16)11-2-1-7-19-8-11/h3-6,11H,1-2,7-9H2,(H,15,16)(H2,14,17,18). The average molecular weight is 298 g/mol. The highest BCUT2D eigenvalue weighted by Crippen LogP contribution is 2.17. The van der Waals surface area contributed by atoms with E-state index in [0.29, 0.717) is 24.5 Å². The minimum Gasteiger partial charge on any atom is -0.381 e. The number of carbonyl (C=O) groups excluding carboxylic acids is 1. The second kappa shape index (κ2) is 6.34. The van der Waals surface area contributed by atoms with Gasteiger partial charge >= 0.3 is 0 Å². The summed E-state index contributed by atoms with van der Waals surface area (Å²) in [4.78, 5) is 12.0. The maximum absolute atomic E-state index is 12.0. The van der Waals surface area contributed by atoms with E-state index in [9.17, 15) is 13.2 Å². The van der Waals surface area contributed by atoms with Crippen molar-refractivity contribution in [3.8, 4) is 0 Å². The molecule has 110 valence electrons. The Morgan fingerprint density at radius 2 is 2.05 bits per heavy atom. The number of hydrogen-bond donors (Lipinski definition) is 2. The number of rotatable bonds is 4. The highest BCUT2D eigenvalue weighted by molar-refractivity contribution is 7.88. The highest BCUT2D eigenvalue weighted by atomic mass is 32.2. The summed E-state index contributed by atoms with van der Waals surface area (Å²) in [6.07, 6.45) is 1.72. The number of hydrogen-bond acceptors (Lipinski definition) is 4. The van der Waals surface area contributed by atoms with Gasteiger partial charge in [0.25, 0.3) is 0 Å². The smallest absolute Gasteiger partial charge is 0.229 e. The molecule has 0 spiro atoms. The van der Waals surface area contributed by atoms with Crippen LogP contribution in [0.25, 0.3) is 0 Å². The lowest BCUT2D eigenvalue weighted by atomic mass is 10.0. The molecule has 1 heterocycles. The van der Waals surface area contributed by atoms with Crippen molar-refractivity contribution in [1.82, 2.24) is 0 Å². The van der Waals surface area contributed by atoms with E-state index in [2.05, 4.69) is 5.32 Å². The number of nitrogens with two attached hydrogens (primary N) is 1. The van der Waals surface area contributed by atoms with Crippen LogP contribution in [0.4, 0.5) is 5.69 Å². The van der Waals surface area contributed by atoms with Gasteiger partial charge in [0.1, 0.15) is 0 Å². The predicted octanol–water partition coefficient (Wildman–Crippen LogP) is 0.840. The van der Waals surface area contributed by atoms with E-state index in [-0.39, 0.29) is 17.6 Å². The van der Waals surface area contributed by atoms with Gasteiger partial charge in [-0.25, -0.2) is 13.6 Å². The zero-order chi connectivity index (χ0) is 14.6. The molecule has 7 heteroatoms. The molecule has 1 amide bonds. The maximum Gasteiger partial charge on any atom is 0.229 e. The van der Waals surface area contributed by atoms with E-state index in [1.165, 1.54) is 0 Å². The SMILES string of the molecule is NS(=O)(=O)Cc1ccc(NC(=O)C2CCCOC2)cc1. The van der Waals surface area contributed by atoms with Crippen LogP contribution in [0.1, 0.15) is 18.4 Å². The Morgan fingerprint density at radius 3 is 2.60 bits per heavy atom. The molecule has 1 saturated heterocycles. The van der Waals surface area contributed by atoms with Crippen LogP contribution < -0.4 is 10.5 Å². The van der Waals surface area contributed by atoms with Crippen molar-refractivity contribution in [1.29, 1.82) is 0 Å². The first-order valence-corrected chi connectivity index (χ1v) is 8.13. The van der Waals surface area contributed by atoms with Crippen LogP contribution in [0.2, 0.25) is 0 Å². The molecule has 2 rings (SSSR count). The molecule has 0 radical (unpaired) electrons. The van der Waals surface area contributed by atoms with Crippen LogP contribution in [0, 0.1) is 5.92 Å². The van der Waals surface area contributed by atoms with Crippen LogP contribution >= 0.6 is 0 Å². The molecule has 3 N–H and O–H groups in total. The third kappa shape index (κ3) is 4.59. The summed E-state index contributed by atoms with van der Waals surface area (Å²) in [7, 11) is -3.53. The Labute approximate surface area is 118 Å². The number of ether oxygens (including phenoxy) is 1. The molecule has 0 saturated carbocycles. The van der Waals surface area contributed by atoms with E-state index in [1.807, 2.05) is 0 Å². The molecular weight excluding hydrogens is 280 g/mol. The molecule has 0 aromatic heterocycles. The van der Waals surface area contributed by atoms with Crippen LogP contribution in [-0.2, 0) is 25.3 Å². The molecule has 1 aromatic rings. The molecule has 1 aliphatic rings. The van der Waals surface area contributed by atoms with Gasteiger partial charge in [-0.15, -0.1) is 0 Å². The van der Waals surface area contributed by atoms with Gasteiger partial charge in [0, 0.05) is 12.3 Å². The summed E-state index contributed by atoms with van der Waals surface area (Å²) in [5.74, 6) is -0.394. The Balaban J connectivity index is 1.94. The minimum absolute atomic E-state index is 0.0658. The number of benzene rings is 1. The summed E-state index contributed by atoms with van der Waals surface area (Å²) in [6, 6.07) is 6.61. The first-order chi connectivity index (χ1) is 9.44. The molecular formula is C13H18N2O4S. The lowest BCUT2D eigenvalue weighted by Gasteiger charge is -2.21. The minimum atomic E-state index is -3.53. The normalized spacial score (nSPS) is 19.6. The van der Waals surface area contributed by atoms with Gasteiger partial charge < -0.3 is 10.1 Å². The zero-order valence-corrected chi connectivity index (χ0v) is 11.9. The monoisotopic (exact) mass is 298 g/mol. The van der Waals surface area contributed by atoms with Gasteiger partial charge in [0.05, 0.1) is 18.3 Å². The lowest BCUT2D eigenvalue weighted by molar-refractivity contribution is -0.123. The first-order valence-electron chi connectivity index (χ1n) is 6.42. The van der Waals surface area contributed by atoms with E-state index < -0.39 is 10.0 Å². The Hall–Kier alpha value is -1.44. The van der Waals surface area contributed by atoms with Crippen molar-refractivity contribution >= 4 is 21.6 Å². The van der Waals surface area contributed by atoms with E-state index in [4.69, 9.17) is 9.88 Å². The fourth-order valence-corrected chi connectivity index (χ4v) is 2.77. The second-order valence-electron chi connectivity index (χ2n) is 4.91. The second-order valence-corrected chi connectivity index (χ2v) is 6.52. The summed E-state index contributed by atoms with van der Waals surface area (Å²) in [6.45, 7) is 1.17. The summed E-state index contributed by atoms with van der Waals surface area (Å²) < 4.78 is 27.2. The number of anilines is 1. The summed E-state index contributed by atoms with van der Waals surface area (Å²) >= 11 is 0. The maximum atomic E-state index is 12.0. The van der Waals surface area contributed by atoms with Crippen LogP contribution in [0.5, 0.6) is 0 Å². The first kappa shape index (κ1) is 15.0. The number of primary sulfonamides is 1. The molecule has 0 aliphatic carbocycles. The fraction of sp³-hybridized carbons (Fsp3) is 0.462. The number of nitrogens with one attached hydrogen (secondary N) is 1. The molecule has 6 nitrogen and oxygen atoms in total. The van der Waals surface area contributed by atoms with Crippen LogP contribution in [-0.4, -0.2) is 27.5 Å². The Kier molecular flexibility index (Phi) is 4.74. The molecule has 1 aliphatic heterocycles. The number of sulfonamides is 1. The van der Waals surface area contributed by atoms with Gasteiger partial charge in [-0.05, 0) is 30.5 Å². The average Bonchev–Trinajstić information content (AvgIpc) is 2.40. The Bertz CT molecular complexity index is 563. The van der Waals surface area contributed by atoms with Gasteiger partial charge in [0.15, 0.2) is 0 Å². The van der Waals surface area contributed by atoms with E-state index >= 15 is 0 Å².